The molecule has 6 heterocycles. The van der Waals surface area contributed by atoms with Crippen molar-refractivity contribution >= 4 is 28.2 Å². The normalized spacial score (nSPS) is 40.8. The molecule has 6 saturated heterocycles. The summed E-state index contributed by atoms with van der Waals surface area (Å²) in [6.07, 6.45) is 3.01. The van der Waals surface area contributed by atoms with Gasteiger partial charge in [0.2, 0.25) is 0 Å². The number of hydrogen-bond donors (Lipinski definition) is 0. The van der Waals surface area contributed by atoms with Crippen LogP contribution in [0.4, 0.5) is 0 Å². The molecule has 1 unspecified atom stereocenters. The van der Waals surface area contributed by atoms with E-state index in [-0.39, 0.29) is 54.8 Å². The van der Waals surface area contributed by atoms with Gasteiger partial charge < -0.3 is 33.2 Å². The zero-order valence-electron chi connectivity index (χ0n) is 20.0. The maximum absolute atomic E-state index is 12.7. The predicted octanol–water partition coefficient (Wildman–Crippen LogP) is 3.85. The summed E-state index contributed by atoms with van der Waals surface area (Å²) in [6.45, 7) is 3.94. The number of hydrogen-bond acceptors (Lipinski definition) is 8. The molecule has 0 spiro atoms. The topological polar surface area (TPSA) is 89.5 Å². The van der Waals surface area contributed by atoms with Gasteiger partial charge in [-0.3, -0.25) is 0 Å². The van der Waals surface area contributed by atoms with Crippen LogP contribution in [0.3, 0.4) is 0 Å². The minimum atomic E-state index is -0.867. The number of halogens is 1. The van der Waals surface area contributed by atoms with Crippen LogP contribution in [0, 0.1) is 0 Å². The number of benzene rings is 1. The van der Waals surface area contributed by atoms with Crippen LogP contribution < -0.4 is 0 Å². The van der Waals surface area contributed by atoms with Crippen LogP contribution in [0.15, 0.2) is 41.4 Å². The maximum atomic E-state index is 12.7. The van der Waals surface area contributed by atoms with Gasteiger partial charge in [-0.15, -0.1) is 0 Å². The van der Waals surface area contributed by atoms with Crippen LogP contribution in [-0.2, 0) is 33.2 Å². The first-order valence-electron chi connectivity index (χ1n) is 12.8. The lowest BCUT2D eigenvalue weighted by Crippen LogP contribution is -2.61. The summed E-state index contributed by atoms with van der Waals surface area (Å²) in [6, 6.07) is 8.96. The molecule has 10 atom stereocenters. The summed E-state index contributed by atoms with van der Waals surface area (Å²) in [5.41, 5.74) is 0.509. The van der Waals surface area contributed by atoms with Gasteiger partial charge in [-0.2, -0.15) is 0 Å². The maximum Gasteiger partial charge on any atom is 0.338 e. The molecule has 0 aliphatic carbocycles. The Morgan fingerprint density at radius 1 is 1.06 bits per heavy atom. The fourth-order valence-corrected chi connectivity index (χ4v) is 6.74. The average Bonchev–Trinajstić information content (AvgIpc) is 3.28. The SMILES string of the molecule is C=C(Br)C[C@H](CC[C@@]12C[C@H]3O[C@H]4C(O1)[C@H]1O[C@@H](CC=O)CC[C@@H]1O[C@H]4[C@H]3O2)OC(=O)c1ccccc1. The summed E-state index contributed by atoms with van der Waals surface area (Å²) in [5.74, 6) is -1.23. The van der Waals surface area contributed by atoms with Crippen molar-refractivity contribution in [1.29, 1.82) is 0 Å². The molecule has 6 aliphatic rings. The zero-order valence-corrected chi connectivity index (χ0v) is 21.5. The highest BCUT2D eigenvalue weighted by molar-refractivity contribution is 9.11. The standard InChI is InChI=1S/C27H31BrO8/c1-15(28)13-18(32-26(30)16-5-3-2-4-6-16)9-11-27-14-20-22(35-27)23-24(34-20)25(36-27)21-19(33-23)8-7-17(31-21)10-12-29/h2-6,12,17-25H,1,7-11,13-14H2/t17-,18+,19+,20-,21+,22+,23+,24-,25?,27+/m1/s1. The first kappa shape index (κ1) is 24.7. The second-order valence-electron chi connectivity index (χ2n) is 10.4. The number of fused-ring (bicyclic) bond motifs is 1. The van der Waals surface area contributed by atoms with Crippen LogP contribution in [-0.4, -0.2) is 73.0 Å². The Balaban J connectivity index is 1.18. The molecule has 0 saturated carbocycles. The Hall–Kier alpha value is -1.62. The second kappa shape index (κ2) is 9.93. The van der Waals surface area contributed by atoms with E-state index >= 15 is 0 Å². The molecule has 9 heteroatoms. The third kappa shape index (κ3) is 4.59. The number of carbonyl (C=O) groups excluding carboxylic acids is 2. The van der Waals surface area contributed by atoms with Crippen molar-refractivity contribution in [3.05, 3.63) is 47.0 Å². The smallest absolute Gasteiger partial charge is 0.338 e. The van der Waals surface area contributed by atoms with Gasteiger partial charge in [0, 0.05) is 25.7 Å². The molecule has 194 valence electrons. The summed E-state index contributed by atoms with van der Waals surface area (Å²) in [4.78, 5) is 23.8. The van der Waals surface area contributed by atoms with Gasteiger partial charge in [0.1, 0.15) is 42.9 Å². The molecule has 8 nitrogen and oxygen atoms in total. The van der Waals surface area contributed by atoms with Crippen molar-refractivity contribution in [2.24, 2.45) is 0 Å². The molecule has 1 aromatic rings. The van der Waals surface area contributed by atoms with Crippen LogP contribution in [0.1, 0.15) is 55.3 Å². The summed E-state index contributed by atoms with van der Waals surface area (Å²) in [5, 5.41) is 0. The first-order chi connectivity index (χ1) is 17.4. The lowest BCUT2D eigenvalue weighted by molar-refractivity contribution is -0.292. The van der Waals surface area contributed by atoms with Crippen LogP contribution in [0.2, 0.25) is 0 Å². The molecule has 1 aromatic carbocycles. The van der Waals surface area contributed by atoms with Crippen molar-refractivity contribution in [2.45, 2.75) is 106 Å². The molecule has 0 aromatic heterocycles. The van der Waals surface area contributed by atoms with E-state index in [1.807, 2.05) is 18.2 Å². The Labute approximate surface area is 218 Å². The number of carbonyl (C=O) groups is 2. The number of aldehydes is 1. The quantitative estimate of drug-likeness (QED) is 0.331. The third-order valence-corrected chi connectivity index (χ3v) is 8.29. The minimum Gasteiger partial charge on any atom is -0.458 e. The molecule has 0 N–H and O–H groups in total. The van der Waals surface area contributed by atoms with Crippen molar-refractivity contribution < 1.29 is 38.0 Å². The Morgan fingerprint density at radius 2 is 1.81 bits per heavy atom. The van der Waals surface area contributed by atoms with E-state index in [1.54, 1.807) is 12.1 Å². The predicted molar refractivity (Wildman–Crippen MR) is 131 cm³/mol. The lowest BCUT2D eigenvalue weighted by atomic mass is 9.87. The van der Waals surface area contributed by atoms with E-state index in [2.05, 4.69) is 22.5 Å². The van der Waals surface area contributed by atoms with Gasteiger partial charge in [0.15, 0.2) is 5.79 Å². The van der Waals surface area contributed by atoms with E-state index in [1.165, 1.54) is 0 Å². The first-order valence-corrected chi connectivity index (χ1v) is 13.6. The molecule has 0 amide bonds. The number of rotatable bonds is 9. The molecular weight excluding hydrogens is 532 g/mol. The van der Waals surface area contributed by atoms with E-state index in [4.69, 9.17) is 28.4 Å². The molecule has 7 rings (SSSR count). The number of esters is 1. The van der Waals surface area contributed by atoms with Crippen molar-refractivity contribution in [2.75, 3.05) is 0 Å². The fraction of sp³-hybridized carbons (Fsp3) is 0.630. The average molecular weight is 563 g/mol. The van der Waals surface area contributed by atoms with Crippen molar-refractivity contribution in [3.8, 4) is 0 Å². The van der Waals surface area contributed by atoms with Crippen LogP contribution >= 0.6 is 15.9 Å². The molecular formula is C27H31BrO8. The molecule has 0 radical (unpaired) electrons. The van der Waals surface area contributed by atoms with Gasteiger partial charge in [0.25, 0.3) is 0 Å². The van der Waals surface area contributed by atoms with E-state index in [0.717, 1.165) is 23.6 Å². The lowest BCUT2D eigenvalue weighted by Gasteiger charge is -2.47. The Kier molecular flexibility index (Phi) is 6.81. The van der Waals surface area contributed by atoms with Gasteiger partial charge in [-0.05, 0) is 35.9 Å². The Bertz CT molecular complexity index is 1000. The summed E-state index contributed by atoms with van der Waals surface area (Å²) in [7, 11) is 0. The third-order valence-electron chi connectivity index (χ3n) is 7.97. The van der Waals surface area contributed by atoms with Gasteiger partial charge >= 0.3 is 5.97 Å². The Morgan fingerprint density at radius 3 is 2.58 bits per heavy atom. The van der Waals surface area contributed by atoms with E-state index in [9.17, 15) is 9.59 Å². The van der Waals surface area contributed by atoms with Crippen LogP contribution in [0.5, 0.6) is 0 Å². The van der Waals surface area contributed by atoms with E-state index < -0.39 is 11.9 Å². The molecule has 6 aliphatic heterocycles. The molecule has 36 heavy (non-hydrogen) atoms. The molecule has 6 bridgehead atoms. The second-order valence-corrected chi connectivity index (χ2v) is 11.5. The summed E-state index contributed by atoms with van der Waals surface area (Å²) < 4.78 is 39.0. The summed E-state index contributed by atoms with van der Waals surface area (Å²) >= 11 is 3.42. The number of ether oxygens (including phenoxy) is 6. The highest BCUT2D eigenvalue weighted by Crippen LogP contribution is 2.54. The largest absolute Gasteiger partial charge is 0.458 e. The van der Waals surface area contributed by atoms with Crippen molar-refractivity contribution in [3.63, 3.8) is 0 Å². The van der Waals surface area contributed by atoms with Gasteiger partial charge in [0.05, 0.1) is 23.9 Å². The van der Waals surface area contributed by atoms with Gasteiger partial charge in [-0.25, -0.2) is 4.79 Å². The zero-order chi connectivity index (χ0) is 24.9. The van der Waals surface area contributed by atoms with E-state index in [0.29, 0.717) is 37.7 Å². The van der Waals surface area contributed by atoms with Crippen LogP contribution in [0.25, 0.3) is 0 Å². The molecule has 6 fully saturated rings. The fourth-order valence-electron chi connectivity index (χ4n) is 6.38. The monoisotopic (exact) mass is 562 g/mol. The highest BCUT2D eigenvalue weighted by atomic mass is 79.9. The highest BCUT2D eigenvalue weighted by Gasteiger charge is 2.68. The van der Waals surface area contributed by atoms with Gasteiger partial charge in [-0.1, -0.05) is 40.7 Å². The minimum absolute atomic E-state index is 0.0993. The van der Waals surface area contributed by atoms with Crippen molar-refractivity contribution in [1.82, 2.24) is 0 Å².